The molecule has 0 aromatic rings. The molecule has 1 aliphatic rings. The fourth-order valence-electron chi connectivity index (χ4n) is 1.15. The Kier molecular flexibility index (Phi) is 2.84. The SMILES string of the molecule is CCC(O)(O)N1CCOCC1. The lowest BCUT2D eigenvalue weighted by molar-refractivity contribution is -0.277. The average Bonchev–Trinajstić information content (AvgIpc) is 2.06. The summed E-state index contributed by atoms with van der Waals surface area (Å²) < 4.78 is 5.08. The minimum Gasteiger partial charge on any atom is -0.379 e. The van der Waals surface area contributed by atoms with Gasteiger partial charge in [0.2, 0.25) is 5.91 Å². The average molecular weight is 161 g/mol. The first-order valence-corrected chi connectivity index (χ1v) is 3.94. The zero-order valence-corrected chi connectivity index (χ0v) is 6.79. The van der Waals surface area contributed by atoms with E-state index in [1.807, 2.05) is 0 Å². The molecule has 11 heavy (non-hydrogen) atoms. The number of hydrogen-bond donors (Lipinski definition) is 2. The number of morpholine rings is 1. The van der Waals surface area contributed by atoms with Crippen molar-refractivity contribution in [3.8, 4) is 0 Å². The van der Waals surface area contributed by atoms with E-state index in [2.05, 4.69) is 0 Å². The van der Waals surface area contributed by atoms with Gasteiger partial charge in [-0.2, -0.15) is 0 Å². The van der Waals surface area contributed by atoms with Crippen LogP contribution in [0.2, 0.25) is 0 Å². The molecule has 1 fully saturated rings. The molecule has 1 aliphatic heterocycles. The molecule has 0 radical (unpaired) electrons. The molecule has 0 aromatic carbocycles. The normalized spacial score (nSPS) is 22.1. The summed E-state index contributed by atoms with van der Waals surface area (Å²) in [7, 11) is 0. The molecule has 4 nitrogen and oxygen atoms in total. The van der Waals surface area contributed by atoms with E-state index >= 15 is 0 Å². The van der Waals surface area contributed by atoms with E-state index in [4.69, 9.17) is 4.74 Å². The van der Waals surface area contributed by atoms with E-state index in [0.29, 0.717) is 32.7 Å². The predicted molar refractivity (Wildman–Crippen MR) is 39.9 cm³/mol. The summed E-state index contributed by atoms with van der Waals surface area (Å²) >= 11 is 0. The molecule has 0 amide bonds. The zero-order valence-electron chi connectivity index (χ0n) is 6.79. The van der Waals surface area contributed by atoms with Gasteiger partial charge in [-0.05, 0) is 0 Å². The molecule has 1 heterocycles. The number of hydrogen-bond acceptors (Lipinski definition) is 4. The molecule has 0 bridgehead atoms. The maximum absolute atomic E-state index is 9.37. The summed E-state index contributed by atoms with van der Waals surface area (Å²) in [6.07, 6.45) is 0.326. The van der Waals surface area contributed by atoms with Crippen molar-refractivity contribution in [2.75, 3.05) is 26.3 Å². The van der Waals surface area contributed by atoms with Crippen molar-refractivity contribution in [3.05, 3.63) is 0 Å². The highest BCUT2D eigenvalue weighted by molar-refractivity contribution is 4.69. The Morgan fingerprint density at radius 1 is 1.36 bits per heavy atom. The molecule has 1 rings (SSSR count). The summed E-state index contributed by atoms with van der Waals surface area (Å²) in [5.41, 5.74) is 0. The summed E-state index contributed by atoms with van der Waals surface area (Å²) in [5, 5.41) is 18.7. The van der Waals surface area contributed by atoms with E-state index in [-0.39, 0.29) is 0 Å². The van der Waals surface area contributed by atoms with Crippen molar-refractivity contribution in [2.24, 2.45) is 0 Å². The number of rotatable bonds is 2. The Bertz CT molecular complexity index is 121. The van der Waals surface area contributed by atoms with Crippen LogP contribution < -0.4 is 0 Å². The molecule has 0 saturated carbocycles. The molecule has 0 aliphatic carbocycles. The Labute approximate surface area is 66.4 Å². The van der Waals surface area contributed by atoms with E-state index in [0.717, 1.165) is 0 Å². The van der Waals surface area contributed by atoms with Crippen molar-refractivity contribution < 1.29 is 14.9 Å². The second-order valence-electron chi connectivity index (χ2n) is 2.73. The molecule has 2 N–H and O–H groups in total. The highest BCUT2D eigenvalue weighted by atomic mass is 16.5. The summed E-state index contributed by atoms with van der Waals surface area (Å²) in [6.45, 7) is 4.11. The smallest absolute Gasteiger partial charge is 0.224 e. The highest BCUT2D eigenvalue weighted by Gasteiger charge is 2.30. The van der Waals surface area contributed by atoms with Crippen molar-refractivity contribution in [1.29, 1.82) is 0 Å². The van der Waals surface area contributed by atoms with E-state index in [9.17, 15) is 10.2 Å². The van der Waals surface area contributed by atoms with Crippen LogP contribution in [0, 0.1) is 0 Å². The first-order valence-electron chi connectivity index (χ1n) is 3.94. The third-order valence-corrected chi connectivity index (χ3v) is 1.99. The van der Waals surface area contributed by atoms with E-state index in [1.54, 1.807) is 11.8 Å². The lowest BCUT2D eigenvalue weighted by Crippen LogP contribution is -2.53. The summed E-state index contributed by atoms with van der Waals surface area (Å²) in [5.74, 6) is -1.64. The van der Waals surface area contributed by atoms with Gasteiger partial charge in [-0.15, -0.1) is 0 Å². The lowest BCUT2D eigenvalue weighted by Gasteiger charge is -2.36. The van der Waals surface area contributed by atoms with Gasteiger partial charge < -0.3 is 14.9 Å². The molecule has 0 aromatic heterocycles. The molecule has 1 saturated heterocycles. The predicted octanol–water partition coefficient (Wildman–Crippen LogP) is -0.633. The van der Waals surface area contributed by atoms with Gasteiger partial charge in [0.1, 0.15) is 0 Å². The largest absolute Gasteiger partial charge is 0.379 e. The van der Waals surface area contributed by atoms with Crippen LogP contribution >= 0.6 is 0 Å². The summed E-state index contributed by atoms with van der Waals surface area (Å²) in [6, 6.07) is 0. The van der Waals surface area contributed by atoms with Gasteiger partial charge in [-0.25, -0.2) is 4.90 Å². The quantitative estimate of drug-likeness (QED) is 0.529. The minimum atomic E-state index is -1.64. The van der Waals surface area contributed by atoms with Crippen molar-refractivity contribution in [3.63, 3.8) is 0 Å². The van der Waals surface area contributed by atoms with E-state index < -0.39 is 5.91 Å². The molecule has 0 spiro atoms. The van der Waals surface area contributed by atoms with Crippen LogP contribution in [0.4, 0.5) is 0 Å². The standard InChI is InChI=1S/C7H15NO3/c1-2-7(9,10)8-3-5-11-6-4-8/h9-10H,2-6H2,1H3. The monoisotopic (exact) mass is 161 g/mol. The van der Waals surface area contributed by atoms with Gasteiger partial charge in [-0.1, -0.05) is 6.92 Å². The van der Waals surface area contributed by atoms with Crippen LogP contribution in [0.1, 0.15) is 13.3 Å². The minimum absolute atomic E-state index is 0.326. The van der Waals surface area contributed by atoms with Crippen LogP contribution in [0.5, 0.6) is 0 Å². The number of ether oxygens (including phenoxy) is 1. The van der Waals surface area contributed by atoms with Gasteiger partial charge >= 0.3 is 0 Å². The Morgan fingerprint density at radius 3 is 2.36 bits per heavy atom. The number of nitrogens with zero attached hydrogens (tertiary/aromatic N) is 1. The summed E-state index contributed by atoms with van der Waals surface area (Å²) in [4.78, 5) is 1.62. The molecular formula is C7H15NO3. The van der Waals surface area contributed by atoms with Crippen molar-refractivity contribution in [2.45, 2.75) is 19.3 Å². The van der Waals surface area contributed by atoms with Crippen LogP contribution in [-0.4, -0.2) is 47.3 Å². The van der Waals surface area contributed by atoms with Crippen LogP contribution in [-0.2, 0) is 4.74 Å². The highest BCUT2D eigenvalue weighted by Crippen LogP contribution is 2.13. The molecule has 0 unspecified atom stereocenters. The molecular weight excluding hydrogens is 146 g/mol. The third kappa shape index (κ3) is 2.13. The van der Waals surface area contributed by atoms with Crippen molar-refractivity contribution >= 4 is 0 Å². The molecule has 4 heteroatoms. The second kappa shape index (κ2) is 3.49. The van der Waals surface area contributed by atoms with Gasteiger partial charge in [-0.3, -0.25) is 0 Å². The van der Waals surface area contributed by atoms with Gasteiger partial charge in [0.15, 0.2) is 0 Å². The van der Waals surface area contributed by atoms with Crippen LogP contribution in [0.15, 0.2) is 0 Å². The fraction of sp³-hybridized carbons (Fsp3) is 1.00. The lowest BCUT2D eigenvalue weighted by atomic mass is 10.3. The van der Waals surface area contributed by atoms with Gasteiger partial charge in [0.25, 0.3) is 0 Å². The Morgan fingerprint density at radius 2 is 1.91 bits per heavy atom. The Hall–Kier alpha value is -0.160. The first-order chi connectivity index (χ1) is 5.17. The fourth-order valence-corrected chi connectivity index (χ4v) is 1.15. The molecule has 66 valence electrons. The number of aliphatic hydroxyl groups is 2. The van der Waals surface area contributed by atoms with Gasteiger partial charge in [0.05, 0.1) is 13.2 Å². The topological polar surface area (TPSA) is 52.9 Å². The van der Waals surface area contributed by atoms with Crippen LogP contribution in [0.25, 0.3) is 0 Å². The second-order valence-corrected chi connectivity index (χ2v) is 2.73. The third-order valence-electron chi connectivity index (χ3n) is 1.99. The first kappa shape index (κ1) is 8.93. The Balaban J connectivity index is 2.43. The molecule has 0 atom stereocenters. The zero-order chi connectivity index (χ0) is 8.32. The van der Waals surface area contributed by atoms with E-state index in [1.165, 1.54) is 0 Å². The van der Waals surface area contributed by atoms with Crippen LogP contribution in [0.3, 0.4) is 0 Å². The van der Waals surface area contributed by atoms with Gasteiger partial charge in [0, 0.05) is 19.5 Å². The van der Waals surface area contributed by atoms with Crippen molar-refractivity contribution in [1.82, 2.24) is 4.90 Å². The maximum atomic E-state index is 9.37. The maximum Gasteiger partial charge on any atom is 0.224 e.